The van der Waals surface area contributed by atoms with Crippen molar-refractivity contribution in [2.75, 3.05) is 13.7 Å². The summed E-state index contributed by atoms with van der Waals surface area (Å²) < 4.78 is 11.2. The molecule has 1 aliphatic heterocycles. The molecule has 1 spiro atoms. The van der Waals surface area contributed by atoms with Crippen molar-refractivity contribution in [1.29, 1.82) is 0 Å². The molecule has 2 N–H and O–H groups in total. The predicted molar refractivity (Wildman–Crippen MR) is 74.9 cm³/mol. The van der Waals surface area contributed by atoms with Gasteiger partial charge in [0.2, 0.25) is 0 Å². The van der Waals surface area contributed by atoms with Crippen LogP contribution in [0.1, 0.15) is 33.1 Å². The summed E-state index contributed by atoms with van der Waals surface area (Å²) in [7, 11) is 1.63. The Bertz CT molecular complexity index is 423. The van der Waals surface area contributed by atoms with Crippen molar-refractivity contribution in [3.05, 3.63) is 12.2 Å². The van der Waals surface area contributed by atoms with Gasteiger partial charge in [-0.3, -0.25) is 0 Å². The molecule has 2 saturated carbocycles. The molecule has 3 aliphatic rings. The first-order chi connectivity index (χ1) is 9.37. The van der Waals surface area contributed by atoms with Crippen molar-refractivity contribution in [2.24, 2.45) is 22.7 Å². The number of methoxy groups -OCH3 is 1. The van der Waals surface area contributed by atoms with Crippen LogP contribution in [0.25, 0.3) is 0 Å². The molecule has 0 aromatic rings. The zero-order chi connectivity index (χ0) is 14.7. The van der Waals surface area contributed by atoms with Crippen molar-refractivity contribution in [3.8, 4) is 0 Å². The predicted octanol–water partition coefficient (Wildman–Crippen LogP) is 1.71. The molecule has 4 nitrogen and oxygen atoms in total. The molecule has 20 heavy (non-hydrogen) atoms. The Kier molecular flexibility index (Phi) is 3.29. The summed E-state index contributed by atoms with van der Waals surface area (Å²) in [6, 6.07) is 0. The summed E-state index contributed by atoms with van der Waals surface area (Å²) in [5.74, 6) is 0.559. The molecular formula is C16H26O4. The van der Waals surface area contributed by atoms with E-state index in [1.54, 1.807) is 7.11 Å². The summed E-state index contributed by atoms with van der Waals surface area (Å²) in [5.41, 5.74) is 0.230. The molecule has 1 heterocycles. The van der Waals surface area contributed by atoms with Crippen LogP contribution in [0.15, 0.2) is 12.2 Å². The zero-order valence-corrected chi connectivity index (χ0v) is 12.6. The minimum Gasteiger partial charge on any atom is -0.393 e. The summed E-state index contributed by atoms with van der Waals surface area (Å²) >= 11 is 0. The van der Waals surface area contributed by atoms with E-state index in [2.05, 4.69) is 20.4 Å². The highest BCUT2D eigenvalue weighted by molar-refractivity contribution is 5.27. The van der Waals surface area contributed by atoms with Crippen LogP contribution in [0.3, 0.4) is 0 Å². The van der Waals surface area contributed by atoms with Gasteiger partial charge in [-0.2, -0.15) is 0 Å². The molecule has 1 unspecified atom stereocenters. The van der Waals surface area contributed by atoms with E-state index in [0.29, 0.717) is 6.61 Å². The van der Waals surface area contributed by atoms with E-state index < -0.39 is 17.8 Å². The largest absolute Gasteiger partial charge is 0.393 e. The van der Waals surface area contributed by atoms with Gasteiger partial charge in [0.1, 0.15) is 0 Å². The number of hydrogen-bond donors (Lipinski definition) is 2. The maximum Gasteiger partial charge on any atom is 0.169 e. The highest BCUT2D eigenvalue weighted by Crippen LogP contribution is 2.66. The number of aliphatic hydroxyl groups excluding tert-OH is 2. The van der Waals surface area contributed by atoms with E-state index >= 15 is 0 Å². The maximum absolute atomic E-state index is 11.2. The Morgan fingerprint density at radius 2 is 2.05 bits per heavy atom. The Morgan fingerprint density at radius 1 is 1.35 bits per heavy atom. The Labute approximate surface area is 120 Å². The van der Waals surface area contributed by atoms with Crippen LogP contribution >= 0.6 is 0 Å². The maximum atomic E-state index is 11.2. The molecule has 0 aromatic heterocycles. The minimum atomic E-state index is -0.526. The van der Waals surface area contributed by atoms with Gasteiger partial charge in [-0.05, 0) is 36.7 Å². The fourth-order valence-electron chi connectivity index (χ4n) is 5.08. The second-order valence-corrected chi connectivity index (χ2v) is 7.22. The van der Waals surface area contributed by atoms with Crippen LogP contribution in [0.2, 0.25) is 0 Å². The second kappa shape index (κ2) is 4.54. The quantitative estimate of drug-likeness (QED) is 0.719. The van der Waals surface area contributed by atoms with Gasteiger partial charge in [0.25, 0.3) is 0 Å². The number of rotatable bonds is 1. The first-order valence-electron chi connectivity index (χ1n) is 7.56. The van der Waals surface area contributed by atoms with Gasteiger partial charge in [-0.25, -0.2) is 0 Å². The van der Waals surface area contributed by atoms with Gasteiger partial charge in [-0.1, -0.05) is 20.4 Å². The summed E-state index contributed by atoms with van der Waals surface area (Å²) in [6.07, 6.45) is 1.10. The number of aliphatic hydroxyl groups is 2. The number of hydrogen-bond acceptors (Lipinski definition) is 4. The lowest BCUT2D eigenvalue weighted by molar-refractivity contribution is -0.175. The molecule has 0 radical (unpaired) electrons. The molecule has 0 amide bonds. The third-order valence-electron chi connectivity index (χ3n) is 6.49. The highest BCUT2D eigenvalue weighted by Gasteiger charge is 2.68. The zero-order valence-electron chi connectivity index (χ0n) is 12.6. The molecule has 0 aromatic carbocycles. The smallest absolute Gasteiger partial charge is 0.169 e. The van der Waals surface area contributed by atoms with Crippen LogP contribution < -0.4 is 0 Å². The topological polar surface area (TPSA) is 58.9 Å². The van der Waals surface area contributed by atoms with Gasteiger partial charge in [0, 0.05) is 12.5 Å². The van der Waals surface area contributed by atoms with Crippen LogP contribution in [0, 0.1) is 22.7 Å². The van der Waals surface area contributed by atoms with E-state index in [9.17, 15) is 10.2 Å². The van der Waals surface area contributed by atoms with Crippen molar-refractivity contribution in [1.82, 2.24) is 0 Å². The van der Waals surface area contributed by atoms with Gasteiger partial charge < -0.3 is 19.7 Å². The van der Waals surface area contributed by atoms with Gasteiger partial charge in [0.05, 0.1) is 24.2 Å². The average Bonchev–Trinajstić information content (AvgIpc) is 2.82. The lowest BCUT2D eigenvalue weighted by atomic mass is 9.61. The normalized spacial score (nSPS) is 55.5. The van der Waals surface area contributed by atoms with Crippen LogP contribution in [-0.2, 0) is 9.47 Å². The second-order valence-electron chi connectivity index (χ2n) is 7.22. The molecule has 2 aliphatic carbocycles. The highest BCUT2D eigenvalue weighted by atomic mass is 16.7. The third kappa shape index (κ3) is 1.56. The third-order valence-corrected chi connectivity index (χ3v) is 6.49. The summed E-state index contributed by atoms with van der Waals surface area (Å²) in [4.78, 5) is 0. The molecule has 114 valence electrons. The molecule has 3 fully saturated rings. The lowest BCUT2D eigenvalue weighted by Crippen LogP contribution is -2.50. The molecule has 0 bridgehead atoms. The van der Waals surface area contributed by atoms with Gasteiger partial charge >= 0.3 is 0 Å². The van der Waals surface area contributed by atoms with E-state index in [1.807, 2.05) is 0 Å². The van der Waals surface area contributed by atoms with Crippen molar-refractivity contribution >= 4 is 0 Å². The lowest BCUT2D eigenvalue weighted by Gasteiger charge is -2.47. The van der Waals surface area contributed by atoms with Crippen molar-refractivity contribution in [2.45, 2.75) is 51.6 Å². The van der Waals surface area contributed by atoms with Gasteiger partial charge in [-0.15, -0.1) is 0 Å². The van der Waals surface area contributed by atoms with E-state index in [-0.39, 0.29) is 23.4 Å². The SMILES string of the molecule is C=C1COC(OC)[C@]12C[C@@H]1C[C@@H](O)C[C@@H](C)[C@]1(C)[C@H]2O. The van der Waals surface area contributed by atoms with E-state index in [1.165, 1.54) is 0 Å². The van der Waals surface area contributed by atoms with Crippen LogP contribution in [0.4, 0.5) is 0 Å². The van der Waals surface area contributed by atoms with Crippen LogP contribution in [0.5, 0.6) is 0 Å². The van der Waals surface area contributed by atoms with Crippen molar-refractivity contribution < 1.29 is 19.7 Å². The first-order valence-corrected chi connectivity index (χ1v) is 7.56. The fraction of sp³-hybridized carbons (Fsp3) is 0.875. The summed E-state index contributed by atoms with van der Waals surface area (Å²) in [5, 5.41) is 21.2. The average molecular weight is 282 g/mol. The Hall–Kier alpha value is -0.420. The number of ether oxygens (including phenoxy) is 2. The monoisotopic (exact) mass is 282 g/mol. The fourth-order valence-corrected chi connectivity index (χ4v) is 5.08. The van der Waals surface area contributed by atoms with E-state index in [4.69, 9.17) is 9.47 Å². The van der Waals surface area contributed by atoms with E-state index in [0.717, 1.165) is 24.8 Å². The van der Waals surface area contributed by atoms with Gasteiger partial charge in [0.15, 0.2) is 6.29 Å². The Balaban J connectivity index is 2.03. The first kappa shape index (κ1) is 14.5. The van der Waals surface area contributed by atoms with Crippen LogP contribution in [-0.4, -0.2) is 42.4 Å². The number of fused-ring (bicyclic) bond motifs is 1. The van der Waals surface area contributed by atoms with Crippen molar-refractivity contribution in [3.63, 3.8) is 0 Å². The standard InChI is InChI=1S/C16H26O4/c1-9-5-12(17)6-11-7-16(13(18)15(9,11)3)10(2)8-20-14(16)19-4/h9,11-14,17-18H,2,5-8H2,1,3-4H3/t9-,11+,12+,13-,14?,15+,16-/m1/s1. The minimum absolute atomic E-state index is 0.202. The molecule has 7 atom stereocenters. The molecule has 1 saturated heterocycles. The molecular weight excluding hydrogens is 256 g/mol. The molecule has 4 heteroatoms. The summed E-state index contributed by atoms with van der Waals surface area (Å²) in [6.45, 7) is 8.89. The molecule has 3 rings (SSSR count). The Morgan fingerprint density at radius 3 is 2.70 bits per heavy atom.